The van der Waals surface area contributed by atoms with Gasteiger partial charge in [-0.2, -0.15) is 0 Å². The molecule has 0 spiro atoms. The number of carbonyl (C=O) groups excluding carboxylic acids is 2. The highest BCUT2D eigenvalue weighted by Crippen LogP contribution is 2.34. The van der Waals surface area contributed by atoms with Crippen molar-refractivity contribution >= 4 is 21.7 Å². The molecule has 3 rings (SSSR count). The minimum Gasteiger partial charge on any atom is -0.337 e. The Morgan fingerprint density at radius 3 is 2.56 bits per heavy atom. The van der Waals surface area contributed by atoms with E-state index >= 15 is 0 Å². The monoisotopic (exact) mass is 270 g/mol. The lowest BCUT2D eigenvalue weighted by Crippen LogP contribution is -2.60. The second kappa shape index (κ2) is 3.81. The van der Waals surface area contributed by atoms with Gasteiger partial charge in [0.25, 0.3) is 5.91 Å². The summed E-state index contributed by atoms with van der Waals surface area (Å²) >= 11 is 0. The van der Waals surface area contributed by atoms with E-state index in [0.29, 0.717) is 13.1 Å². The van der Waals surface area contributed by atoms with Gasteiger partial charge in [-0.3, -0.25) is 14.5 Å². The van der Waals surface area contributed by atoms with Crippen LogP contribution in [0, 0.1) is 0 Å². The van der Waals surface area contributed by atoms with E-state index in [2.05, 4.69) is 0 Å². The molecule has 0 bridgehead atoms. The molecule has 18 heavy (non-hydrogen) atoms. The Balaban J connectivity index is 1.90. The summed E-state index contributed by atoms with van der Waals surface area (Å²) in [6.07, 6.45) is 3.32. The highest BCUT2D eigenvalue weighted by molar-refractivity contribution is 7.92. The largest absolute Gasteiger partial charge is 0.337 e. The highest BCUT2D eigenvalue weighted by atomic mass is 32.2. The predicted molar refractivity (Wildman–Crippen MR) is 62.9 cm³/mol. The fourth-order valence-corrected chi connectivity index (χ4v) is 4.20. The number of likely N-dealkylation sites (tertiary alicyclic amines) is 1. The number of amides is 2. The summed E-state index contributed by atoms with van der Waals surface area (Å²) in [7, 11) is -3.29. The van der Waals surface area contributed by atoms with E-state index in [0.717, 1.165) is 17.7 Å². The fourth-order valence-electron chi connectivity index (χ4n) is 2.64. The summed E-state index contributed by atoms with van der Waals surface area (Å²) in [5.74, 6) is -0.626. The molecule has 0 radical (unpaired) electrons. The van der Waals surface area contributed by atoms with Crippen LogP contribution in [0.3, 0.4) is 0 Å². The third kappa shape index (κ3) is 1.57. The van der Waals surface area contributed by atoms with Gasteiger partial charge in [-0.1, -0.05) is 0 Å². The van der Waals surface area contributed by atoms with E-state index in [4.69, 9.17) is 0 Å². The van der Waals surface area contributed by atoms with Crippen LogP contribution in [-0.2, 0) is 19.4 Å². The summed E-state index contributed by atoms with van der Waals surface area (Å²) in [4.78, 5) is 26.6. The van der Waals surface area contributed by atoms with Crippen LogP contribution in [0.15, 0.2) is 11.8 Å². The predicted octanol–water partition coefficient (Wildman–Crippen LogP) is -0.521. The van der Waals surface area contributed by atoms with Crippen molar-refractivity contribution in [2.75, 3.05) is 18.8 Å². The zero-order valence-electron chi connectivity index (χ0n) is 9.83. The molecule has 1 unspecified atom stereocenters. The average molecular weight is 270 g/mol. The number of hydrogen-bond acceptors (Lipinski definition) is 4. The van der Waals surface area contributed by atoms with Crippen LogP contribution >= 0.6 is 0 Å². The first kappa shape index (κ1) is 11.7. The van der Waals surface area contributed by atoms with Gasteiger partial charge in [0, 0.05) is 13.1 Å². The second-order valence-electron chi connectivity index (χ2n) is 4.84. The van der Waals surface area contributed by atoms with Crippen molar-refractivity contribution in [3.05, 3.63) is 11.8 Å². The molecule has 3 heterocycles. The molecule has 0 saturated carbocycles. The van der Waals surface area contributed by atoms with Gasteiger partial charge in [-0.25, -0.2) is 8.42 Å². The van der Waals surface area contributed by atoms with Crippen molar-refractivity contribution in [3.8, 4) is 0 Å². The van der Waals surface area contributed by atoms with Crippen LogP contribution in [-0.4, -0.2) is 54.2 Å². The van der Waals surface area contributed by atoms with Crippen molar-refractivity contribution < 1.29 is 18.0 Å². The minimum atomic E-state index is -3.29. The zero-order valence-corrected chi connectivity index (χ0v) is 10.6. The molecular weight excluding hydrogens is 256 g/mol. The topological polar surface area (TPSA) is 74.8 Å². The highest BCUT2D eigenvalue weighted by Gasteiger charge is 2.50. The molecule has 98 valence electrons. The molecule has 0 N–H and O–H groups in total. The molecular formula is C11H14N2O4S. The Bertz CT molecular complexity index is 545. The Labute approximate surface area is 105 Å². The molecule has 2 saturated heterocycles. The van der Waals surface area contributed by atoms with Crippen molar-refractivity contribution in [2.45, 2.75) is 24.6 Å². The first-order valence-corrected chi connectivity index (χ1v) is 7.75. The number of carbonyl (C=O) groups is 2. The molecule has 3 aliphatic rings. The van der Waals surface area contributed by atoms with E-state index in [-0.39, 0.29) is 29.7 Å². The summed E-state index contributed by atoms with van der Waals surface area (Å²) in [6, 6.07) is 0. The maximum Gasteiger partial charge on any atom is 0.270 e. The molecule has 6 nitrogen and oxygen atoms in total. The van der Waals surface area contributed by atoms with Gasteiger partial charge in [-0.05, 0) is 18.9 Å². The van der Waals surface area contributed by atoms with Crippen LogP contribution in [0.4, 0.5) is 0 Å². The molecule has 0 aromatic heterocycles. The Morgan fingerprint density at radius 2 is 1.94 bits per heavy atom. The maximum atomic E-state index is 12.2. The summed E-state index contributed by atoms with van der Waals surface area (Å²) in [6.45, 7) is 1.38. The third-order valence-electron chi connectivity index (χ3n) is 3.70. The van der Waals surface area contributed by atoms with E-state index in [1.54, 1.807) is 4.90 Å². The van der Waals surface area contributed by atoms with Gasteiger partial charge < -0.3 is 4.90 Å². The normalized spacial score (nSPS) is 29.7. The lowest BCUT2D eigenvalue weighted by molar-refractivity contribution is -0.143. The van der Waals surface area contributed by atoms with Crippen LogP contribution < -0.4 is 0 Å². The fraction of sp³-hybridized carbons (Fsp3) is 0.636. The standard InChI is InChI=1S/C11H14N2O4S/c14-9-7-10-13(9)8(3-6-18(10,16)17)11(15)12-4-1-2-5-12/h3,10H,1-2,4-7H2. The molecule has 3 aliphatic heterocycles. The minimum absolute atomic E-state index is 0.00690. The first-order valence-electron chi connectivity index (χ1n) is 6.04. The molecule has 1 atom stereocenters. The second-order valence-corrected chi connectivity index (χ2v) is 7.04. The van der Waals surface area contributed by atoms with E-state index in [1.165, 1.54) is 6.08 Å². The lowest BCUT2D eigenvalue weighted by Gasteiger charge is -2.43. The lowest BCUT2D eigenvalue weighted by atomic mass is 10.1. The van der Waals surface area contributed by atoms with Gasteiger partial charge in [-0.15, -0.1) is 0 Å². The van der Waals surface area contributed by atoms with Gasteiger partial charge in [0.1, 0.15) is 11.1 Å². The average Bonchev–Trinajstić information content (AvgIpc) is 2.82. The number of nitrogens with zero attached hydrogens (tertiary/aromatic N) is 2. The van der Waals surface area contributed by atoms with Crippen LogP contribution in [0.25, 0.3) is 0 Å². The van der Waals surface area contributed by atoms with Crippen molar-refractivity contribution in [2.24, 2.45) is 0 Å². The number of fused-ring (bicyclic) bond motifs is 1. The zero-order chi connectivity index (χ0) is 12.9. The van der Waals surface area contributed by atoms with Gasteiger partial charge in [0.15, 0.2) is 9.84 Å². The van der Waals surface area contributed by atoms with Crippen molar-refractivity contribution in [3.63, 3.8) is 0 Å². The van der Waals surface area contributed by atoms with Gasteiger partial charge >= 0.3 is 0 Å². The van der Waals surface area contributed by atoms with E-state index in [9.17, 15) is 18.0 Å². The molecule has 7 heteroatoms. The SMILES string of the molecule is O=C(C1=CCS(=O)(=O)C2CC(=O)N12)N1CCCC1. The van der Waals surface area contributed by atoms with E-state index < -0.39 is 15.2 Å². The molecule has 0 aromatic carbocycles. The molecule has 0 aliphatic carbocycles. The molecule has 2 fully saturated rings. The van der Waals surface area contributed by atoms with E-state index in [1.807, 2.05) is 0 Å². The van der Waals surface area contributed by atoms with Crippen LogP contribution in [0.1, 0.15) is 19.3 Å². The maximum absolute atomic E-state index is 12.2. The number of β-lactam (4-membered cyclic amide) rings is 1. The Hall–Kier alpha value is -1.37. The van der Waals surface area contributed by atoms with Crippen molar-refractivity contribution in [1.82, 2.24) is 9.80 Å². The Kier molecular flexibility index (Phi) is 2.48. The van der Waals surface area contributed by atoms with Crippen LogP contribution in [0.5, 0.6) is 0 Å². The van der Waals surface area contributed by atoms with Crippen molar-refractivity contribution in [1.29, 1.82) is 0 Å². The number of rotatable bonds is 1. The third-order valence-corrected chi connectivity index (χ3v) is 5.54. The smallest absolute Gasteiger partial charge is 0.270 e. The number of hydrogen-bond donors (Lipinski definition) is 0. The summed E-state index contributed by atoms with van der Waals surface area (Å²) in [5, 5.41) is -0.809. The summed E-state index contributed by atoms with van der Waals surface area (Å²) in [5.41, 5.74) is 0.257. The van der Waals surface area contributed by atoms with Gasteiger partial charge in [0.05, 0.1) is 12.2 Å². The molecule has 0 aromatic rings. The molecule has 2 amide bonds. The number of sulfone groups is 1. The Morgan fingerprint density at radius 1 is 1.28 bits per heavy atom. The summed E-state index contributed by atoms with van der Waals surface area (Å²) < 4.78 is 23.4. The van der Waals surface area contributed by atoms with Crippen LogP contribution in [0.2, 0.25) is 0 Å². The van der Waals surface area contributed by atoms with Gasteiger partial charge in [0.2, 0.25) is 5.91 Å². The quantitative estimate of drug-likeness (QED) is 0.601. The first-order chi connectivity index (χ1) is 8.50.